The van der Waals surface area contributed by atoms with Crippen LogP contribution >= 0.6 is 0 Å². The molecule has 0 saturated heterocycles. The summed E-state index contributed by atoms with van der Waals surface area (Å²) in [7, 11) is 0. The SMILES string of the molecule is NCc1cc(Oc2ccccc2F)ccn1. The molecule has 82 valence electrons. The second kappa shape index (κ2) is 4.72. The van der Waals surface area contributed by atoms with E-state index in [-0.39, 0.29) is 5.75 Å². The molecular formula is C12H11FN2O. The van der Waals surface area contributed by atoms with Gasteiger partial charge < -0.3 is 10.5 Å². The minimum atomic E-state index is -0.395. The predicted molar refractivity (Wildman–Crippen MR) is 58.6 cm³/mol. The van der Waals surface area contributed by atoms with Crippen LogP contribution in [-0.2, 0) is 6.54 Å². The summed E-state index contributed by atoms with van der Waals surface area (Å²) in [5.74, 6) is 0.325. The van der Waals surface area contributed by atoms with Crippen LogP contribution in [0, 0.1) is 5.82 Å². The van der Waals surface area contributed by atoms with E-state index in [1.165, 1.54) is 6.07 Å². The van der Waals surface area contributed by atoms with Crippen LogP contribution in [0.4, 0.5) is 4.39 Å². The lowest BCUT2D eigenvalue weighted by molar-refractivity contribution is 0.441. The number of para-hydroxylation sites is 1. The van der Waals surface area contributed by atoms with Crippen molar-refractivity contribution in [3.8, 4) is 11.5 Å². The first-order valence-electron chi connectivity index (χ1n) is 4.87. The smallest absolute Gasteiger partial charge is 0.165 e. The number of pyridine rings is 1. The maximum atomic E-state index is 13.3. The van der Waals surface area contributed by atoms with Crippen LogP contribution in [0.15, 0.2) is 42.6 Å². The van der Waals surface area contributed by atoms with Crippen LogP contribution in [0.2, 0.25) is 0 Å². The number of halogens is 1. The molecule has 0 unspecified atom stereocenters. The number of hydrogen-bond acceptors (Lipinski definition) is 3. The minimum Gasteiger partial charge on any atom is -0.454 e. The highest BCUT2D eigenvalue weighted by Crippen LogP contribution is 2.23. The van der Waals surface area contributed by atoms with E-state index in [4.69, 9.17) is 10.5 Å². The Hall–Kier alpha value is -1.94. The van der Waals surface area contributed by atoms with Crippen molar-refractivity contribution in [2.24, 2.45) is 5.73 Å². The summed E-state index contributed by atoms with van der Waals surface area (Å²) in [5.41, 5.74) is 6.15. The van der Waals surface area contributed by atoms with Gasteiger partial charge in [0.05, 0.1) is 5.69 Å². The normalized spacial score (nSPS) is 10.1. The Bertz CT molecular complexity index is 488. The molecule has 1 heterocycles. The lowest BCUT2D eigenvalue weighted by Gasteiger charge is -2.06. The maximum Gasteiger partial charge on any atom is 0.165 e. The van der Waals surface area contributed by atoms with Crippen LogP contribution in [0.1, 0.15) is 5.69 Å². The number of aromatic nitrogens is 1. The fraction of sp³-hybridized carbons (Fsp3) is 0.0833. The number of hydrogen-bond donors (Lipinski definition) is 1. The Morgan fingerprint density at radius 2 is 2.06 bits per heavy atom. The third-order valence-electron chi connectivity index (χ3n) is 2.06. The van der Waals surface area contributed by atoms with Crippen LogP contribution in [0.5, 0.6) is 11.5 Å². The molecule has 4 heteroatoms. The molecule has 3 nitrogen and oxygen atoms in total. The van der Waals surface area contributed by atoms with Crippen molar-refractivity contribution >= 4 is 0 Å². The second-order valence-electron chi connectivity index (χ2n) is 3.22. The van der Waals surface area contributed by atoms with Gasteiger partial charge in [0.15, 0.2) is 11.6 Å². The van der Waals surface area contributed by atoms with Gasteiger partial charge in [0, 0.05) is 18.8 Å². The van der Waals surface area contributed by atoms with E-state index in [1.54, 1.807) is 36.5 Å². The molecule has 0 aliphatic heterocycles. The van der Waals surface area contributed by atoms with Gasteiger partial charge in [-0.1, -0.05) is 12.1 Å². The molecule has 0 radical (unpaired) electrons. The third kappa shape index (κ3) is 2.35. The monoisotopic (exact) mass is 218 g/mol. The second-order valence-corrected chi connectivity index (χ2v) is 3.22. The fourth-order valence-corrected chi connectivity index (χ4v) is 1.29. The Morgan fingerprint density at radius 3 is 2.81 bits per heavy atom. The summed E-state index contributed by atoms with van der Waals surface area (Å²) < 4.78 is 18.7. The zero-order valence-electron chi connectivity index (χ0n) is 8.56. The number of nitrogens with two attached hydrogens (primary N) is 1. The lowest BCUT2D eigenvalue weighted by atomic mass is 10.3. The average molecular weight is 218 g/mol. The summed E-state index contributed by atoms with van der Waals surface area (Å²) in [4.78, 5) is 4.02. The number of nitrogens with zero attached hydrogens (tertiary/aromatic N) is 1. The van der Waals surface area contributed by atoms with E-state index in [9.17, 15) is 4.39 Å². The van der Waals surface area contributed by atoms with Gasteiger partial charge in [0.1, 0.15) is 5.75 Å². The molecule has 16 heavy (non-hydrogen) atoms. The summed E-state index contributed by atoms with van der Waals surface area (Å²) in [6, 6.07) is 9.58. The van der Waals surface area contributed by atoms with E-state index in [1.807, 2.05) is 0 Å². The van der Waals surface area contributed by atoms with Gasteiger partial charge in [-0.15, -0.1) is 0 Å². The van der Waals surface area contributed by atoms with Crippen LogP contribution in [0.3, 0.4) is 0 Å². The van der Waals surface area contributed by atoms with Gasteiger partial charge in [-0.25, -0.2) is 4.39 Å². The summed E-state index contributed by atoms with van der Waals surface area (Å²) >= 11 is 0. The molecule has 1 aromatic carbocycles. The molecule has 0 saturated carbocycles. The molecule has 0 spiro atoms. The predicted octanol–water partition coefficient (Wildman–Crippen LogP) is 2.47. The van der Waals surface area contributed by atoms with E-state index < -0.39 is 5.82 Å². The molecule has 0 aliphatic carbocycles. The summed E-state index contributed by atoms with van der Waals surface area (Å²) in [6.07, 6.45) is 1.58. The highest BCUT2D eigenvalue weighted by Gasteiger charge is 2.03. The molecule has 0 fully saturated rings. The Kier molecular flexibility index (Phi) is 3.12. The van der Waals surface area contributed by atoms with Gasteiger partial charge in [0.25, 0.3) is 0 Å². The fourth-order valence-electron chi connectivity index (χ4n) is 1.29. The third-order valence-corrected chi connectivity index (χ3v) is 2.06. The molecule has 0 bridgehead atoms. The van der Waals surface area contributed by atoms with Crippen molar-refractivity contribution in [3.63, 3.8) is 0 Å². The van der Waals surface area contributed by atoms with Crippen molar-refractivity contribution in [1.29, 1.82) is 0 Å². The first-order valence-corrected chi connectivity index (χ1v) is 4.87. The Labute approximate surface area is 92.7 Å². The average Bonchev–Trinajstić information content (AvgIpc) is 2.32. The Morgan fingerprint density at radius 1 is 1.25 bits per heavy atom. The van der Waals surface area contributed by atoms with Crippen molar-refractivity contribution in [2.75, 3.05) is 0 Å². The van der Waals surface area contributed by atoms with Gasteiger partial charge in [0.2, 0.25) is 0 Å². The van der Waals surface area contributed by atoms with E-state index in [0.717, 1.165) is 0 Å². The van der Waals surface area contributed by atoms with Crippen molar-refractivity contribution < 1.29 is 9.13 Å². The van der Waals surface area contributed by atoms with Gasteiger partial charge in [-0.2, -0.15) is 0 Å². The van der Waals surface area contributed by atoms with Crippen molar-refractivity contribution in [2.45, 2.75) is 6.54 Å². The topological polar surface area (TPSA) is 48.1 Å². The zero-order chi connectivity index (χ0) is 11.4. The van der Waals surface area contributed by atoms with Crippen molar-refractivity contribution in [1.82, 2.24) is 4.98 Å². The molecule has 0 aliphatic rings. The zero-order valence-corrected chi connectivity index (χ0v) is 8.56. The highest BCUT2D eigenvalue weighted by atomic mass is 19.1. The van der Waals surface area contributed by atoms with E-state index in [2.05, 4.69) is 4.98 Å². The van der Waals surface area contributed by atoms with Crippen LogP contribution < -0.4 is 10.5 Å². The molecular weight excluding hydrogens is 207 g/mol. The molecule has 0 amide bonds. The number of rotatable bonds is 3. The molecule has 2 rings (SSSR count). The summed E-state index contributed by atoms with van der Waals surface area (Å²) in [5, 5.41) is 0. The molecule has 2 aromatic rings. The van der Waals surface area contributed by atoms with Crippen LogP contribution in [0.25, 0.3) is 0 Å². The first kappa shape index (κ1) is 10.6. The Balaban J connectivity index is 2.24. The van der Waals surface area contributed by atoms with Gasteiger partial charge in [-0.3, -0.25) is 4.98 Å². The molecule has 2 N–H and O–H groups in total. The summed E-state index contributed by atoms with van der Waals surface area (Å²) in [6.45, 7) is 0.328. The van der Waals surface area contributed by atoms with Gasteiger partial charge >= 0.3 is 0 Å². The number of benzene rings is 1. The standard InChI is InChI=1S/C12H11FN2O/c13-11-3-1-2-4-12(11)16-10-5-6-15-9(7-10)8-14/h1-7H,8,14H2. The molecule has 0 atom stereocenters. The maximum absolute atomic E-state index is 13.3. The van der Waals surface area contributed by atoms with Crippen LogP contribution in [-0.4, -0.2) is 4.98 Å². The largest absolute Gasteiger partial charge is 0.454 e. The first-order chi connectivity index (χ1) is 7.79. The van der Waals surface area contributed by atoms with E-state index in [0.29, 0.717) is 18.0 Å². The molecule has 1 aromatic heterocycles. The van der Waals surface area contributed by atoms with Crippen molar-refractivity contribution in [3.05, 3.63) is 54.1 Å². The lowest BCUT2D eigenvalue weighted by Crippen LogP contribution is -1.99. The van der Waals surface area contributed by atoms with Gasteiger partial charge in [-0.05, 0) is 18.2 Å². The number of ether oxygens (including phenoxy) is 1. The highest BCUT2D eigenvalue weighted by molar-refractivity contribution is 5.32. The quantitative estimate of drug-likeness (QED) is 0.860. The van der Waals surface area contributed by atoms with E-state index >= 15 is 0 Å². The minimum absolute atomic E-state index is 0.191.